The summed E-state index contributed by atoms with van der Waals surface area (Å²) in [6, 6.07) is 15.4. The molecule has 1 aliphatic heterocycles. The van der Waals surface area contributed by atoms with Crippen molar-refractivity contribution in [2.24, 2.45) is 0 Å². The predicted molar refractivity (Wildman–Crippen MR) is 106 cm³/mol. The number of carbonyl (C=O) groups is 2. The molecule has 1 aliphatic rings. The Bertz CT molecular complexity index is 1030. The molecule has 5 nitrogen and oxygen atoms in total. The van der Waals surface area contributed by atoms with Gasteiger partial charge in [0.05, 0.1) is 6.54 Å². The lowest BCUT2D eigenvalue weighted by atomic mass is 10.1. The molecule has 28 heavy (non-hydrogen) atoms. The molecular formula is C22H22FN3O2. The molecule has 144 valence electrons. The molecule has 0 spiro atoms. The van der Waals surface area contributed by atoms with Gasteiger partial charge in [-0.05, 0) is 37.5 Å². The number of amides is 2. The quantitative estimate of drug-likeness (QED) is 0.731. The second kappa shape index (κ2) is 7.84. The van der Waals surface area contributed by atoms with Crippen molar-refractivity contribution in [3.8, 4) is 0 Å². The van der Waals surface area contributed by atoms with E-state index in [0.717, 1.165) is 23.7 Å². The molecule has 6 heteroatoms. The van der Waals surface area contributed by atoms with Crippen molar-refractivity contribution >= 4 is 22.7 Å². The molecule has 3 aromatic rings. The van der Waals surface area contributed by atoms with Crippen LogP contribution in [-0.4, -0.2) is 29.0 Å². The van der Waals surface area contributed by atoms with E-state index in [4.69, 9.17) is 0 Å². The highest BCUT2D eigenvalue weighted by Gasteiger charge is 2.25. The van der Waals surface area contributed by atoms with Crippen molar-refractivity contribution in [3.63, 3.8) is 0 Å². The monoisotopic (exact) mass is 379 g/mol. The molecule has 2 amide bonds. The highest BCUT2D eigenvalue weighted by atomic mass is 19.1. The number of rotatable bonds is 4. The number of para-hydroxylation sites is 1. The smallest absolute Gasteiger partial charge is 0.268 e. The zero-order chi connectivity index (χ0) is 19.5. The number of hydrogen-bond acceptors (Lipinski definition) is 2. The largest absolute Gasteiger partial charge is 0.354 e. The number of nitrogens with one attached hydrogen (secondary N) is 2. The third-order valence-electron chi connectivity index (χ3n) is 5.17. The first kappa shape index (κ1) is 18.2. The molecule has 2 aromatic carbocycles. The molecule has 0 saturated carbocycles. The first-order valence-electron chi connectivity index (χ1n) is 9.54. The molecule has 0 aliphatic carbocycles. The fourth-order valence-corrected chi connectivity index (χ4v) is 3.68. The zero-order valence-electron chi connectivity index (χ0n) is 15.5. The summed E-state index contributed by atoms with van der Waals surface area (Å²) >= 11 is 0. The molecule has 0 unspecified atom stereocenters. The van der Waals surface area contributed by atoms with Crippen LogP contribution in [-0.2, 0) is 11.3 Å². The van der Waals surface area contributed by atoms with Gasteiger partial charge in [0.2, 0.25) is 5.91 Å². The van der Waals surface area contributed by atoms with E-state index in [1.807, 2.05) is 24.3 Å². The number of benzene rings is 2. The summed E-state index contributed by atoms with van der Waals surface area (Å²) in [5.41, 5.74) is 1.77. The molecule has 4 rings (SSSR count). The van der Waals surface area contributed by atoms with E-state index in [-0.39, 0.29) is 24.2 Å². The van der Waals surface area contributed by atoms with Crippen LogP contribution >= 0.6 is 0 Å². The zero-order valence-corrected chi connectivity index (χ0v) is 15.5. The summed E-state index contributed by atoms with van der Waals surface area (Å²) in [4.78, 5) is 25.2. The summed E-state index contributed by atoms with van der Waals surface area (Å²) in [6.07, 6.45) is 2.40. The van der Waals surface area contributed by atoms with Crippen LogP contribution in [0.15, 0.2) is 54.6 Å². The normalized spacial score (nSPS) is 17.2. The second-order valence-corrected chi connectivity index (χ2v) is 7.08. The number of carbonyl (C=O) groups excluding carboxylic acids is 2. The highest BCUT2D eigenvalue weighted by Crippen LogP contribution is 2.22. The van der Waals surface area contributed by atoms with Crippen molar-refractivity contribution in [2.45, 2.75) is 31.8 Å². The minimum atomic E-state index is -0.546. The summed E-state index contributed by atoms with van der Waals surface area (Å²) in [6.45, 7) is 0.874. The van der Waals surface area contributed by atoms with Gasteiger partial charge in [0.25, 0.3) is 5.91 Å². The minimum Gasteiger partial charge on any atom is -0.354 e. The van der Waals surface area contributed by atoms with Gasteiger partial charge in [-0.1, -0.05) is 36.4 Å². The topological polar surface area (TPSA) is 63.1 Å². The Balaban J connectivity index is 1.69. The van der Waals surface area contributed by atoms with Crippen molar-refractivity contribution in [1.29, 1.82) is 0 Å². The number of aromatic nitrogens is 1. The highest BCUT2D eigenvalue weighted by molar-refractivity contribution is 6.00. The first-order chi connectivity index (χ1) is 13.6. The number of hydrogen-bond donors (Lipinski definition) is 2. The molecule has 1 fully saturated rings. The van der Waals surface area contributed by atoms with E-state index in [1.165, 1.54) is 6.07 Å². The standard InChI is InChI=1S/C22H22FN3O2/c23-17-9-3-1-8-16(17)14-26-19-11-4-2-7-15(19)13-20(26)22(28)25-18-10-5-6-12-24-21(18)27/h1-4,7-9,11,13,18H,5-6,10,12,14H2,(H,24,27)(H,25,28)/t18-/m1/s1. The fourth-order valence-electron chi connectivity index (χ4n) is 3.68. The van der Waals surface area contributed by atoms with Crippen LogP contribution in [0.2, 0.25) is 0 Å². The number of fused-ring (bicyclic) bond motifs is 1. The maximum Gasteiger partial charge on any atom is 0.268 e. The van der Waals surface area contributed by atoms with E-state index in [9.17, 15) is 14.0 Å². The summed E-state index contributed by atoms with van der Waals surface area (Å²) in [7, 11) is 0. The average molecular weight is 379 g/mol. The Labute approximate surface area is 162 Å². The van der Waals surface area contributed by atoms with E-state index in [1.54, 1.807) is 28.8 Å². The second-order valence-electron chi connectivity index (χ2n) is 7.08. The SMILES string of the molecule is O=C(N[C@@H]1CCCCNC1=O)c1cc2ccccc2n1Cc1ccccc1F. The molecule has 2 heterocycles. The van der Waals surface area contributed by atoms with Crippen molar-refractivity contribution in [3.05, 3.63) is 71.7 Å². The predicted octanol–water partition coefficient (Wildman–Crippen LogP) is 3.23. The molecule has 1 atom stereocenters. The van der Waals surface area contributed by atoms with E-state index in [2.05, 4.69) is 10.6 Å². The van der Waals surface area contributed by atoms with E-state index < -0.39 is 6.04 Å². The van der Waals surface area contributed by atoms with Gasteiger partial charge in [-0.2, -0.15) is 0 Å². The van der Waals surface area contributed by atoms with Gasteiger partial charge in [-0.3, -0.25) is 9.59 Å². The van der Waals surface area contributed by atoms with E-state index >= 15 is 0 Å². The molecular weight excluding hydrogens is 357 g/mol. The van der Waals surface area contributed by atoms with Gasteiger partial charge in [0, 0.05) is 23.0 Å². The Morgan fingerprint density at radius 1 is 1.14 bits per heavy atom. The van der Waals surface area contributed by atoms with Crippen LogP contribution in [0.4, 0.5) is 4.39 Å². The Kier molecular flexibility index (Phi) is 5.10. The van der Waals surface area contributed by atoms with Crippen LogP contribution in [0, 0.1) is 5.82 Å². The first-order valence-corrected chi connectivity index (χ1v) is 9.54. The van der Waals surface area contributed by atoms with Gasteiger partial charge in [0.15, 0.2) is 0 Å². The maximum atomic E-state index is 14.2. The molecule has 0 bridgehead atoms. The third-order valence-corrected chi connectivity index (χ3v) is 5.17. The molecule has 1 saturated heterocycles. The van der Waals surface area contributed by atoms with Crippen LogP contribution in [0.3, 0.4) is 0 Å². The van der Waals surface area contributed by atoms with Gasteiger partial charge in [-0.15, -0.1) is 0 Å². The third kappa shape index (κ3) is 3.63. The molecule has 1 aromatic heterocycles. The van der Waals surface area contributed by atoms with Crippen LogP contribution in [0.5, 0.6) is 0 Å². The van der Waals surface area contributed by atoms with Gasteiger partial charge < -0.3 is 15.2 Å². The van der Waals surface area contributed by atoms with Crippen LogP contribution in [0.25, 0.3) is 10.9 Å². The lowest BCUT2D eigenvalue weighted by Gasteiger charge is -2.17. The van der Waals surface area contributed by atoms with Crippen molar-refractivity contribution in [2.75, 3.05) is 6.54 Å². The van der Waals surface area contributed by atoms with Gasteiger partial charge in [0.1, 0.15) is 17.6 Å². The summed E-state index contributed by atoms with van der Waals surface area (Å²) < 4.78 is 16.0. The van der Waals surface area contributed by atoms with Gasteiger partial charge >= 0.3 is 0 Å². The Hall–Kier alpha value is -3.15. The minimum absolute atomic E-state index is 0.150. The van der Waals surface area contributed by atoms with Crippen molar-refractivity contribution < 1.29 is 14.0 Å². The lowest BCUT2D eigenvalue weighted by Crippen LogP contribution is -2.45. The van der Waals surface area contributed by atoms with Crippen LogP contribution < -0.4 is 10.6 Å². The number of nitrogens with zero attached hydrogens (tertiary/aromatic N) is 1. The molecule has 2 N–H and O–H groups in total. The van der Waals surface area contributed by atoms with E-state index in [0.29, 0.717) is 24.2 Å². The summed E-state index contributed by atoms with van der Waals surface area (Å²) in [5, 5.41) is 6.59. The fraction of sp³-hybridized carbons (Fsp3) is 0.273. The average Bonchev–Trinajstić information content (AvgIpc) is 2.94. The lowest BCUT2D eigenvalue weighted by molar-refractivity contribution is -0.122. The van der Waals surface area contributed by atoms with Gasteiger partial charge in [-0.25, -0.2) is 4.39 Å². The number of halogens is 1. The van der Waals surface area contributed by atoms with Crippen LogP contribution in [0.1, 0.15) is 35.3 Å². The molecule has 0 radical (unpaired) electrons. The maximum absolute atomic E-state index is 14.2. The van der Waals surface area contributed by atoms with Crippen molar-refractivity contribution in [1.82, 2.24) is 15.2 Å². The Morgan fingerprint density at radius 2 is 1.93 bits per heavy atom. The summed E-state index contributed by atoms with van der Waals surface area (Å²) in [5.74, 6) is -0.785. The Morgan fingerprint density at radius 3 is 2.79 bits per heavy atom.